The third-order valence-electron chi connectivity index (χ3n) is 3.66. The zero-order valence-corrected chi connectivity index (χ0v) is 14.6. The fourth-order valence-electron chi connectivity index (χ4n) is 2.52. The number of aromatic amines is 1. The van der Waals surface area contributed by atoms with Gasteiger partial charge in [-0.3, -0.25) is 5.10 Å². The maximum Gasteiger partial charge on any atom is 0.216 e. The van der Waals surface area contributed by atoms with Crippen molar-refractivity contribution < 1.29 is 4.42 Å². The predicted octanol–water partition coefficient (Wildman–Crippen LogP) is 4.43. The Morgan fingerprint density at radius 2 is 2.09 bits per heavy atom. The van der Waals surface area contributed by atoms with E-state index in [9.17, 15) is 0 Å². The molecule has 0 aliphatic carbocycles. The molecule has 0 saturated carbocycles. The number of furan rings is 1. The molecule has 2 aromatic heterocycles. The van der Waals surface area contributed by atoms with Gasteiger partial charge < -0.3 is 4.42 Å². The fraction of sp³-hybridized carbons (Fsp3) is 0.353. The van der Waals surface area contributed by atoms with Gasteiger partial charge >= 0.3 is 0 Å². The summed E-state index contributed by atoms with van der Waals surface area (Å²) in [4.78, 5) is 0. The van der Waals surface area contributed by atoms with Crippen molar-refractivity contribution in [3.63, 3.8) is 0 Å². The lowest BCUT2D eigenvalue weighted by Gasteiger charge is -2.15. The van der Waals surface area contributed by atoms with Gasteiger partial charge in [-0.1, -0.05) is 45.9 Å². The summed E-state index contributed by atoms with van der Waals surface area (Å²) >= 11 is 5.30. The van der Waals surface area contributed by atoms with Crippen molar-refractivity contribution in [2.24, 2.45) is 5.10 Å². The summed E-state index contributed by atoms with van der Waals surface area (Å²) in [6.45, 7) is 8.30. The van der Waals surface area contributed by atoms with E-state index in [1.165, 1.54) is 0 Å². The molecule has 3 rings (SSSR count). The molecular formula is C17H20N4OS. The van der Waals surface area contributed by atoms with Gasteiger partial charge in [-0.25, -0.2) is 0 Å². The first-order chi connectivity index (χ1) is 10.9. The Morgan fingerprint density at radius 1 is 1.35 bits per heavy atom. The number of rotatable bonds is 3. The number of hydrogen-bond acceptors (Lipinski definition) is 4. The van der Waals surface area contributed by atoms with Crippen LogP contribution < -0.4 is 0 Å². The highest BCUT2D eigenvalue weighted by Gasteiger charge is 2.21. The van der Waals surface area contributed by atoms with E-state index in [4.69, 9.17) is 16.6 Å². The van der Waals surface area contributed by atoms with Crippen molar-refractivity contribution in [3.05, 3.63) is 46.2 Å². The Balaban J connectivity index is 2.12. The van der Waals surface area contributed by atoms with Crippen LogP contribution >= 0.6 is 12.2 Å². The van der Waals surface area contributed by atoms with Crippen LogP contribution in [0.1, 0.15) is 44.8 Å². The molecule has 0 amide bonds. The molecule has 0 fully saturated rings. The minimum Gasteiger partial charge on any atom is -0.460 e. The molecular weight excluding hydrogens is 308 g/mol. The van der Waals surface area contributed by atoms with Crippen molar-refractivity contribution in [1.82, 2.24) is 14.9 Å². The van der Waals surface area contributed by atoms with E-state index in [2.05, 4.69) is 43.0 Å². The number of hydrogen-bond donors (Lipinski definition) is 1. The Bertz CT molecular complexity index is 924. The van der Waals surface area contributed by atoms with Gasteiger partial charge in [0.25, 0.3) is 0 Å². The van der Waals surface area contributed by atoms with Gasteiger partial charge in [0, 0.05) is 22.8 Å². The van der Waals surface area contributed by atoms with Gasteiger partial charge in [-0.2, -0.15) is 14.9 Å². The molecule has 6 heteroatoms. The average Bonchev–Trinajstić information content (AvgIpc) is 3.05. The Kier molecular flexibility index (Phi) is 3.93. The average molecular weight is 328 g/mol. The van der Waals surface area contributed by atoms with Crippen molar-refractivity contribution in [3.8, 4) is 0 Å². The highest BCUT2D eigenvalue weighted by Crippen LogP contribution is 2.25. The molecule has 0 radical (unpaired) electrons. The van der Waals surface area contributed by atoms with E-state index in [1.807, 2.05) is 30.5 Å². The van der Waals surface area contributed by atoms with Crippen LogP contribution in [0.25, 0.3) is 11.0 Å². The Hall–Kier alpha value is -2.21. The summed E-state index contributed by atoms with van der Waals surface area (Å²) in [6, 6.07) is 7.98. The Morgan fingerprint density at radius 3 is 2.78 bits per heavy atom. The second-order valence-corrected chi connectivity index (χ2v) is 6.83. The summed E-state index contributed by atoms with van der Waals surface area (Å²) in [6.07, 6.45) is 2.62. The summed E-state index contributed by atoms with van der Waals surface area (Å²) in [5.74, 6) is 1.71. The van der Waals surface area contributed by atoms with Crippen molar-refractivity contribution in [2.75, 3.05) is 0 Å². The molecule has 0 aliphatic heterocycles. The molecule has 1 N–H and O–H groups in total. The number of benzene rings is 1. The molecule has 3 aromatic rings. The van der Waals surface area contributed by atoms with Gasteiger partial charge in [0.15, 0.2) is 5.82 Å². The van der Waals surface area contributed by atoms with Crippen LogP contribution in [-0.4, -0.2) is 21.1 Å². The smallest absolute Gasteiger partial charge is 0.216 e. The maximum atomic E-state index is 5.90. The van der Waals surface area contributed by atoms with Gasteiger partial charge in [0.2, 0.25) is 4.77 Å². The third-order valence-corrected chi connectivity index (χ3v) is 3.92. The summed E-state index contributed by atoms with van der Waals surface area (Å²) in [5.41, 5.74) is 1.71. The minimum absolute atomic E-state index is 0.156. The van der Waals surface area contributed by atoms with E-state index in [0.717, 1.165) is 34.5 Å². The maximum absolute atomic E-state index is 5.90. The van der Waals surface area contributed by atoms with Crippen molar-refractivity contribution in [1.29, 1.82) is 0 Å². The molecule has 23 heavy (non-hydrogen) atoms. The van der Waals surface area contributed by atoms with E-state index in [0.29, 0.717) is 4.77 Å². The minimum atomic E-state index is -0.156. The lowest BCUT2D eigenvalue weighted by atomic mass is 9.96. The van der Waals surface area contributed by atoms with Gasteiger partial charge in [-0.15, -0.1) is 0 Å². The highest BCUT2D eigenvalue weighted by molar-refractivity contribution is 7.71. The number of aryl methyl sites for hydroxylation is 1. The van der Waals surface area contributed by atoms with E-state index in [1.54, 1.807) is 4.68 Å². The van der Waals surface area contributed by atoms with Crippen LogP contribution in [-0.2, 0) is 11.8 Å². The molecule has 0 saturated heterocycles. The SMILES string of the molecule is CCc1oc2ccccc2c1/C=N\n1c(C(C)(C)C)n[nH]c1=S. The number of nitrogens with one attached hydrogen (secondary N) is 1. The first kappa shape index (κ1) is 15.7. The van der Waals surface area contributed by atoms with E-state index in [-0.39, 0.29) is 5.41 Å². The molecule has 120 valence electrons. The van der Waals surface area contributed by atoms with Crippen LogP contribution in [0, 0.1) is 4.77 Å². The largest absolute Gasteiger partial charge is 0.460 e. The predicted molar refractivity (Wildman–Crippen MR) is 94.7 cm³/mol. The summed E-state index contributed by atoms with van der Waals surface area (Å²) in [7, 11) is 0. The zero-order chi connectivity index (χ0) is 16.6. The number of aromatic nitrogens is 3. The van der Waals surface area contributed by atoms with Gasteiger partial charge in [0.05, 0.1) is 6.21 Å². The number of H-pyrrole nitrogens is 1. The van der Waals surface area contributed by atoms with Gasteiger partial charge in [-0.05, 0) is 18.3 Å². The molecule has 0 unspecified atom stereocenters. The quantitative estimate of drug-likeness (QED) is 0.571. The number of fused-ring (bicyclic) bond motifs is 1. The molecule has 0 aliphatic rings. The Labute approximate surface area is 140 Å². The monoisotopic (exact) mass is 328 g/mol. The number of para-hydroxylation sites is 1. The lowest BCUT2D eigenvalue weighted by molar-refractivity contribution is 0.516. The van der Waals surface area contributed by atoms with Gasteiger partial charge in [0.1, 0.15) is 11.3 Å². The van der Waals surface area contributed by atoms with Crippen LogP contribution in [0.2, 0.25) is 0 Å². The number of nitrogens with zero attached hydrogens (tertiary/aromatic N) is 3. The second-order valence-electron chi connectivity index (χ2n) is 6.45. The van der Waals surface area contributed by atoms with E-state index < -0.39 is 0 Å². The third kappa shape index (κ3) is 2.86. The van der Waals surface area contributed by atoms with Crippen molar-refractivity contribution in [2.45, 2.75) is 39.5 Å². The van der Waals surface area contributed by atoms with Crippen LogP contribution in [0.3, 0.4) is 0 Å². The second kappa shape index (κ2) is 5.77. The first-order valence-electron chi connectivity index (χ1n) is 7.64. The molecule has 2 heterocycles. The van der Waals surface area contributed by atoms with E-state index >= 15 is 0 Å². The van der Waals surface area contributed by atoms with Crippen LogP contribution in [0.5, 0.6) is 0 Å². The lowest BCUT2D eigenvalue weighted by Crippen LogP contribution is -2.17. The van der Waals surface area contributed by atoms with Crippen LogP contribution in [0.15, 0.2) is 33.8 Å². The fourth-order valence-corrected chi connectivity index (χ4v) is 2.70. The highest BCUT2D eigenvalue weighted by atomic mass is 32.1. The molecule has 0 spiro atoms. The summed E-state index contributed by atoms with van der Waals surface area (Å²) in [5, 5.41) is 12.7. The molecule has 0 atom stereocenters. The topological polar surface area (TPSA) is 59.1 Å². The molecule has 0 bridgehead atoms. The summed E-state index contributed by atoms with van der Waals surface area (Å²) < 4.78 is 8.06. The normalized spacial score (nSPS) is 12.5. The van der Waals surface area contributed by atoms with Crippen molar-refractivity contribution >= 4 is 29.4 Å². The molecule has 1 aromatic carbocycles. The van der Waals surface area contributed by atoms with Crippen LogP contribution in [0.4, 0.5) is 0 Å². The molecule has 5 nitrogen and oxygen atoms in total. The zero-order valence-electron chi connectivity index (χ0n) is 13.8. The standard InChI is InChI=1S/C17H20N4OS/c1-5-13-12(11-8-6-7-9-14(11)22-13)10-18-21-15(17(2,3)4)19-20-16(21)23/h6-10H,5H2,1-4H3,(H,20,23)/b18-10-. The first-order valence-corrected chi connectivity index (χ1v) is 8.05.